The lowest BCUT2D eigenvalue weighted by atomic mass is 9.77. The van der Waals surface area contributed by atoms with E-state index in [0.717, 1.165) is 36.8 Å². The maximum Gasteiger partial charge on any atom is 0.247 e. The SMILES string of the molecule is O=C(NCCO)C1=CC(N(CC2CCCCC2)C(=O)Cc2ccccc2)C(O)C2Oc3ccccc3C12. The first-order chi connectivity index (χ1) is 18.1. The Morgan fingerprint density at radius 3 is 2.49 bits per heavy atom. The number of nitrogens with one attached hydrogen (secondary N) is 1. The highest BCUT2D eigenvalue weighted by Crippen LogP contribution is 2.47. The molecule has 0 radical (unpaired) electrons. The van der Waals surface area contributed by atoms with Gasteiger partial charge in [0.1, 0.15) is 18.0 Å². The third-order valence-electron chi connectivity index (χ3n) is 7.94. The van der Waals surface area contributed by atoms with Gasteiger partial charge in [-0.15, -0.1) is 0 Å². The summed E-state index contributed by atoms with van der Waals surface area (Å²) >= 11 is 0. The van der Waals surface area contributed by atoms with E-state index in [2.05, 4.69) is 5.32 Å². The summed E-state index contributed by atoms with van der Waals surface area (Å²) in [7, 11) is 0. The number of fused-ring (bicyclic) bond motifs is 3. The average molecular weight is 505 g/mol. The van der Waals surface area contributed by atoms with Gasteiger partial charge in [-0.2, -0.15) is 0 Å². The Kier molecular flexibility index (Phi) is 7.91. The average Bonchev–Trinajstić information content (AvgIpc) is 3.32. The molecule has 1 aliphatic heterocycles. The Morgan fingerprint density at radius 2 is 1.73 bits per heavy atom. The Morgan fingerprint density at radius 1 is 1.00 bits per heavy atom. The van der Waals surface area contributed by atoms with Crippen LogP contribution in [-0.2, 0) is 16.0 Å². The van der Waals surface area contributed by atoms with Gasteiger partial charge >= 0.3 is 0 Å². The van der Waals surface area contributed by atoms with Crippen LogP contribution in [-0.4, -0.2) is 64.9 Å². The molecular formula is C30H36N2O5. The fourth-order valence-electron chi connectivity index (χ4n) is 6.10. The third-order valence-corrected chi connectivity index (χ3v) is 7.94. The smallest absolute Gasteiger partial charge is 0.247 e. The van der Waals surface area contributed by atoms with Gasteiger partial charge < -0.3 is 25.2 Å². The minimum atomic E-state index is -0.991. The fraction of sp³-hybridized carbons (Fsp3) is 0.467. The van der Waals surface area contributed by atoms with Gasteiger partial charge in [0, 0.05) is 24.2 Å². The van der Waals surface area contributed by atoms with E-state index in [-0.39, 0.29) is 31.4 Å². The Hall–Kier alpha value is -3.16. The second-order valence-electron chi connectivity index (χ2n) is 10.4. The number of carbonyl (C=O) groups is 2. The number of para-hydroxylation sites is 1. The fourth-order valence-corrected chi connectivity index (χ4v) is 6.10. The van der Waals surface area contributed by atoms with Crippen LogP contribution in [0.25, 0.3) is 0 Å². The zero-order valence-electron chi connectivity index (χ0n) is 21.1. The number of hydrogen-bond donors (Lipinski definition) is 3. The molecule has 2 amide bonds. The normalized spacial score (nSPS) is 24.9. The zero-order chi connectivity index (χ0) is 25.8. The third kappa shape index (κ3) is 5.43. The molecule has 7 nitrogen and oxygen atoms in total. The number of hydrogen-bond acceptors (Lipinski definition) is 5. The number of benzene rings is 2. The molecule has 37 heavy (non-hydrogen) atoms. The van der Waals surface area contributed by atoms with E-state index < -0.39 is 24.2 Å². The molecule has 7 heteroatoms. The molecule has 2 aromatic carbocycles. The summed E-state index contributed by atoms with van der Waals surface area (Å²) in [5.74, 6) is 0.185. The molecule has 1 heterocycles. The largest absolute Gasteiger partial charge is 0.486 e. The molecule has 2 aromatic rings. The van der Waals surface area contributed by atoms with Crippen LogP contribution < -0.4 is 10.1 Å². The maximum absolute atomic E-state index is 13.8. The molecule has 0 saturated heterocycles. The molecule has 1 saturated carbocycles. The van der Waals surface area contributed by atoms with Crippen molar-refractivity contribution >= 4 is 11.8 Å². The van der Waals surface area contributed by atoms with Crippen LogP contribution in [0.1, 0.15) is 49.1 Å². The predicted octanol–water partition coefficient (Wildman–Crippen LogP) is 2.96. The van der Waals surface area contributed by atoms with Crippen LogP contribution in [0.5, 0.6) is 5.75 Å². The van der Waals surface area contributed by atoms with Crippen molar-refractivity contribution in [3.63, 3.8) is 0 Å². The second kappa shape index (κ2) is 11.5. The molecule has 196 valence electrons. The number of rotatable bonds is 8. The highest BCUT2D eigenvalue weighted by atomic mass is 16.5. The zero-order valence-corrected chi connectivity index (χ0v) is 21.1. The first-order valence-corrected chi connectivity index (χ1v) is 13.4. The van der Waals surface area contributed by atoms with Crippen molar-refractivity contribution in [2.45, 2.75) is 62.7 Å². The van der Waals surface area contributed by atoms with Crippen LogP contribution in [0.15, 0.2) is 66.2 Å². The lowest BCUT2D eigenvalue weighted by Gasteiger charge is -2.42. The summed E-state index contributed by atoms with van der Waals surface area (Å²) < 4.78 is 6.22. The topological polar surface area (TPSA) is 99.1 Å². The number of nitrogens with zero attached hydrogens (tertiary/aromatic N) is 1. The van der Waals surface area contributed by atoms with Gasteiger partial charge in [-0.3, -0.25) is 9.59 Å². The molecule has 1 fully saturated rings. The van der Waals surface area contributed by atoms with Crippen LogP contribution >= 0.6 is 0 Å². The van der Waals surface area contributed by atoms with Gasteiger partial charge in [0.15, 0.2) is 0 Å². The van der Waals surface area contributed by atoms with Gasteiger partial charge in [0.05, 0.1) is 25.0 Å². The number of aliphatic hydroxyl groups excluding tert-OH is 2. The molecule has 3 aliphatic rings. The number of aliphatic hydroxyl groups is 2. The summed E-state index contributed by atoms with van der Waals surface area (Å²) in [6, 6.07) is 16.5. The molecule has 2 aliphatic carbocycles. The van der Waals surface area contributed by atoms with Crippen molar-refractivity contribution in [1.82, 2.24) is 10.2 Å². The van der Waals surface area contributed by atoms with Crippen molar-refractivity contribution in [2.24, 2.45) is 5.92 Å². The van der Waals surface area contributed by atoms with Crippen molar-refractivity contribution in [3.8, 4) is 5.75 Å². The van der Waals surface area contributed by atoms with E-state index in [1.165, 1.54) is 6.42 Å². The van der Waals surface area contributed by atoms with Crippen molar-refractivity contribution in [2.75, 3.05) is 19.7 Å². The van der Waals surface area contributed by atoms with E-state index >= 15 is 0 Å². The molecule has 4 atom stereocenters. The first-order valence-electron chi connectivity index (χ1n) is 13.4. The van der Waals surface area contributed by atoms with Gasteiger partial charge in [0.2, 0.25) is 11.8 Å². The van der Waals surface area contributed by atoms with E-state index in [9.17, 15) is 19.8 Å². The molecule has 4 unspecified atom stereocenters. The Balaban J connectivity index is 1.51. The highest BCUT2D eigenvalue weighted by molar-refractivity contribution is 5.96. The molecule has 0 aromatic heterocycles. The van der Waals surface area contributed by atoms with Gasteiger partial charge in [0.25, 0.3) is 0 Å². The van der Waals surface area contributed by atoms with Crippen molar-refractivity contribution in [3.05, 3.63) is 77.4 Å². The van der Waals surface area contributed by atoms with E-state index in [0.29, 0.717) is 23.8 Å². The van der Waals surface area contributed by atoms with E-state index in [4.69, 9.17) is 4.74 Å². The monoisotopic (exact) mass is 504 g/mol. The molecular weight excluding hydrogens is 468 g/mol. The second-order valence-corrected chi connectivity index (χ2v) is 10.4. The molecule has 3 N–H and O–H groups in total. The maximum atomic E-state index is 13.8. The minimum absolute atomic E-state index is 0.0684. The Bertz CT molecular complexity index is 1130. The minimum Gasteiger partial charge on any atom is -0.486 e. The molecule has 0 bridgehead atoms. The Labute approximate surface area is 218 Å². The number of ether oxygens (including phenoxy) is 1. The van der Waals surface area contributed by atoms with Gasteiger partial charge in [-0.05, 0) is 36.5 Å². The highest BCUT2D eigenvalue weighted by Gasteiger charge is 2.50. The van der Waals surface area contributed by atoms with Crippen molar-refractivity contribution < 1.29 is 24.5 Å². The quantitative estimate of drug-likeness (QED) is 0.514. The van der Waals surface area contributed by atoms with Gasteiger partial charge in [-0.25, -0.2) is 0 Å². The van der Waals surface area contributed by atoms with Crippen LogP contribution in [0.3, 0.4) is 0 Å². The van der Waals surface area contributed by atoms with E-state index in [1.54, 1.807) is 11.0 Å². The number of amides is 2. The summed E-state index contributed by atoms with van der Waals surface area (Å²) in [5.41, 5.74) is 2.24. The first kappa shape index (κ1) is 25.5. The summed E-state index contributed by atoms with van der Waals surface area (Å²) in [4.78, 5) is 28.9. The van der Waals surface area contributed by atoms with Crippen molar-refractivity contribution in [1.29, 1.82) is 0 Å². The summed E-state index contributed by atoms with van der Waals surface area (Å²) in [6.07, 6.45) is 5.95. The summed E-state index contributed by atoms with van der Waals surface area (Å²) in [5, 5.41) is 23.7. The standard InChI is InChI=1S/C30H36N2O5/c33-16-15-31-30(36)23-18-24(28(35)29-27(23)22-13-7-8-14-25(22)37-29)32(19-21-11-5-2-6-12-21)26(34)17-20-9-3-1-4-10-20/h1,3-4,7-10,13-14,18,21,24,27-29,33,35H,2,5-6,11-12,15-17,19H2,(H,31,36). The summed E-state index contributed by atoms with van der Waals surface area (Å²) in [6.45, 7) is 0.497. The number of carbonyl (C=O) groups excluding carboxylic acids is 2. The van der Waals surface area contributed by atoms with E-state index in [1.807, 2.05) is 54.6 Å². The van der Waals surface area contributed by atoms with Crippen LogP contribution in [0.2, 0.25) is 0 Å². The lowest BCUT2D eigenvalue weighted by molar-refractivity contribution is -0.137. The van der Waals surface area contributed by atoms with Gasteiger partial charge in [-0.1, -0.05) is 67.8 Å². The predicted molar refractivity (Wildman–Crippen MR) is 140 cm³/mol. The van der Waals surface area contributed by atoms with Crippen LogP contribution in [0, 0.1) is 5.92 Å². The van der Waals surface area contributed by atoms with Crippen LogP contribution in [0.4, 0.5) is 0 Å². The molecule has 5 rings (SSSR count). The lowest BCUT2D eigenvalue weighted by Crippen LogP contribution is -2.57. The molecule has 0 spiro atoms.